The molecule has 70 heavy (non-hydrogen) atoms. The Morgan fingerprint density at radius 2 is 1.21 bits per heavy atom. The van der Waals surface area contributed by atoms with E-state index in [9.17, 15) is 81.1 Å². The van der Waals surface area contributed by atoms with Gasteiger partial charge in [0.05, 0.1) is 27.4 Å². The van der Waals surface area contributed by atoms with Gasteiger partial charge in [-0.1, -0.05) is 0 Å². The fraction of sp³-hybridized carbons (Fsp3) is 0.455. The molecule has 7 rings (SSSR count). The molecule has 4 aromatic rings. The Labute approximate surface area is 393 Å². The van der Waals surface area contributed by atoms with Crippen LogP contribution in [0.5, 0.6) is 46.0 Å². The first-order chi connectivity index (χ1) is 33.3. The number of fused-ring (bicyclic) bond motifs is 1. The molecule has 3 aliphatic heterocycles. The van der Waals surface area contributed by atoms with Gasteiger partial charge in [0.2, 0.25) is 23.2 Å². The molecule has 1 aromatic heterocycles. The van der Waals surface area contributed by atoms with Gasteiger partial charge in [-0.2, -0.15) is 0 Å². The molecule has 0 spiro atoms. The largest absolute Gasteiger partial charge is 0.508 e. The first kappa shape index (κ1) is 51.8. The summed E-state index contributed by atoms with van der Waals surface area (Å²) in [5.41, 5.74) is -1.41. The van der Waals surface area contributed by atoms with E-state index in [4.69, 9.17) is 47.0 Å². The zero-order valence-corrected chi connectivity index (χ0v) is 36.6. The van der Waals surface area contributed by atoms with Gasteiger partial charge in [0.15, 0.2) is 47.4 Å². The summed E-state index contributed by atoms with van der Waals surface area (Å²) < 4.78 is 56.2. The summed E-state index contributed by atoms with van der Waals surface area (Å²) in [5.74, 6) is -5.30. The van der Waals surface area contributed by atoms with Gasteiger partial charge in [0, 0.05) is 23.8 Å². The van der Waals surface area contributed by atoms with Crippen molar-refractivity contribution in [1.29, 1.82) is 0 Å². The Morgan fingerprint density at radius 3 is 1.81 bits per heavy atom. The molecule has 0 saturated carbocycles. The van der Waals surface area contributed by atoms with Crippen LogP contribution in [0.4, 0.5) is 0 Å². The van der Waals surface area contributed by atoms with Crippen LogP contribution in [0.15, 0.2) is 57.8 Å². The summed E-state index contributed by atoms with van der Waals surface area (Å²) in [4.78, 5) is 26.9. The van der Waals surface area contributed by atoms with Crippen LogP contribution in [0.3, 0.4) is 0 Å². The van der Waals surface area contributed by atoms with Crippen LogP contribution < -0.4 is 19.6 Å². The van der Waals surface area contributed by atoms with Crippen molar-refractivity contribution >= 4 is 23.0 Å². The molecule has 3 aliphatic rings. The van der Waals surface area contributed by atoms with Crippen LogP contribution in [-0.2, 0) is 33.2 Å². The Morgan fingerprint density at radius 1 is 0.643 bits per heavy atom. The third kappa shape index (κ3) is 10.4. The second kappa shape index (κ2) is 21.5. The molecule has 14 N–H and O–H groups in total. The summed E-state index contributed by atoms with van der Waals surface area (Å²) in [6, 6.07) is 7.64. The highest BCUT2D eigenvalue weighted by Gasteiger charge is 2.55. The minimum atomic E-state index is -2.18. The number of aliphatic hydroxyl groups excluding tert-OH is 9. The normalized spacial score (nSPS) is 31.4. The van der Waals surface area contributed by atoms with E-state index in [1.165, 1.54) is 32.4 Å². The average molecular weight is 995 g/mol. The first-order valence-electron chi connectivity index (χ1n) is 21.1. The molecule has 0 radical (unpaired) electrons. The van der Waals surface area contributed by atoms with E-state index in [-0.39, 0.29) is 22.8 Å². The minimum Gasteiger partial charge on any atom is -0.508 e. The fourth-order valence-electron chi connectivity index (χ4n) is 7.82. The van der Waals surface area contributed by atoms with Crippen molar-refractivity contribution in [3.05, 3.63) is 64.3 Å². The summed E-state index contributed by atoms with van der Waals surface area (Å²) >= 11 is 0. The SMILES string of the molecule is COc1cc(C=CC(=O)OCC2OC(OC3C(OC4C(Oc5c(-c6ccc(O)c(O)c6)oc6cc(O)cc(O)c6c5=O)OC(CO)C(O)C4O)OC(CO)C(O)C3O)C(O)C(O)C2O)cc(OC)c1O. The van der Waals surface area contributed by atoms with E-state index in [0.717, 1.165) is 36.4 Å². The maximum Gasteiger partial charge on any atom is 0.330 e. The minimum absolute atomic E-state index is 0.0258. The molecule has 3 fully saturated rings. The number of phenolic OH excluding ortho intramolecular Hbond substituents is 5. The number of hydrogen-bond acceptors (Lipinski definition) is 26. The van der Waals surface area contributed by atoms with Crippen LogP contribution in [-0.4, -0.2) is 204 Å². The second-order valence-corrected chi connectivity index (χ2v) is 16.1. The van der Waals surface area contributed by atoms with Gasteiger partial charge in [0.25, 0.3) is 0 Å². The quantitative estimate of drug-likeness (QED) is 0.0323. The maximum absolute atomic E-state index is 14.2. The van der Waals surface area contributed by atoms with Crippen LogP contribution in [0.2, 0.25) is 0 Å². The van der Waals surface area contributed by atoms with Gasteiger partial charge in [-0.25, -0.2) is 4.79 Å². The Kier molecular flexibility index (Phi) is 15.9. The van der Waals surface area contributed by atoms with E-state index >= 15 is 0 Å². The van der Waals surface area contributed by atoms with Gasteiger partial charge < -0.3 is 119 Å². The predicted octanol–water partition coefficient (Wildman–Crippen LogP) is -2.90. The number of ether oxygens (including phenoxy) is 9. The second-order valence-electron chi connectivity index (χ2n) is 16.1. The summed E-state index contributed by atoms with van der Waals surface area (Å²) in [7, 11) is 2.59. The number of rotatable bonds is 15. The van der Waals surface area contributed by atoms with Gasteiger partial charge in [-0.3, -0.25) is 4.79 Å². The Balaban J connectivity index is 1.17. The molecule has 0 amide bonds. The summed E-state index contributed by atoms with van der Waals surface area (Å²) in [5, 5.41) is 149. The van der Waals surface area contributed by atoms with Crippen molar-refractivity contribution in [2.24, 2.45) is 0 Å². The number of benzene rings is 3. The van der Waals surface area contributed by atoms with Crippen LogP contribution in [0.1, 0.15) is 5.56 Å². The van der Waals surface area contributed by atoms with E-state index in [1.54, 1.807) is 0 Å². The first-order valence-corrected chi connectivity index (χ1v) is 21.1. The van der Waals surface area contributed by atoms with Gasteiger partial charge in [-0.05, 0) is 42.0 Å². The zero-order chi connectivity index (χ0) is 50.9. The number of carbonyl (C=O) groups excluding carboxylic acids is 1. The number of aromatic hydroxyl groups is 5. The maximum atomic E-state index is 14.2. The lowest BCUT2D eigenvalue weighted by atomic mass is 9.96. The molecule has 0 aliphatic carbocycles. The van der Waals surface area contributed by atoms with Gasteiger partial charge in [-0.15, -0.1) is 0 Å². The molecule has 3 saturated heterocycles. The molecule has 15 unspecified atom stereocenters. The smallest absolute Gasteiger partial charge is 0.330 e. The van der Waals surface area contributed by atoms with Crippen molar-refractivity contribution in [1.82, 2.24) is 0 Å². The Hall–Kier alpha value is -6.08. The number of methoxy groups -OCH3 is 2. The number of aliphatic hydroxyl groups is 9. The molecule has 382 valence electrons. The Bertz CT molecular complexity index is 2560. The molecule has 4 heterocycles. The molecule has 26 heteroatoms. The third-order valence-corrected chi connectivity index (χ3v) is 11.6. The van der Waals surface area contributed by atoms with E-state index in [1.807, 2.05) is 0 Å². The van der Waals surface area contributed by atoms with Crippen molar-refractivity contribution in [2.75, 3.05) is 34.0 Å². The van der Waals surface area contributed by atoms with Crippen LogP contribution >= 0.6 is 0 Å². The molecular formula is C44H50O26. The van der Waals surface area contributed by atoms with Crippen LogP contribution in [0.25, 0.3) is 28.4 Å². The molecule has 26 nitrogen and oxygen atoms in total. The lowest BCUT2D eigenvalue weighted by molar-refractivity contribution is -0.389. The van der Waals surface area contributed by atoms with Gasteiger partial charge in [0.1, 0.15) is 96.2 Å². The zero-order valence-electron chi connectivity index (χ0n) is 36.6. The van der Waals surface area contributed by atoms with Crippen LogP contribution in [0, 0.1) is 0 Å². The van der Waals surface area contributed by atoms with Gasteiger partial charge >= 0.3 is 5.97 Å². The molecule has 15 atom stereocenters. The lowest BCUT2D eigenvalue weighted by Crippen LogP contribution is -2.67. The standard InChI is InChI=1S/C44H50O26/c1-61-22-7-15(8-23(62-2)29(22)52)3-6-27(51)63-14-26-32(55)34(57)37(60)42(67-26)69-40-35(58)30(53)25(13-46)66-44(40)70-41-36(59)31(54)24(12-45)65-43(41)68-39-33(56)28-20(50)10-17(47)11-21(28)64-38(39)16-4-5-18(48)19(49)9-16/h3-11,24-26,30-32,34-37,40-50,52-55,57-60H,12-14H2,1-2H3. The average Bonchev–Trinajstić information content (AvgIpc) is 3.33. The highest BCUT2D eigenvalue weighted by Crippen LogP contribution is 2.41. The highest BCUT2D eigenvalue weighted by molar-refractivity contribution is 5.89. The van der Waals surface area contributed by atoms with Crippen molar-refractivity contribution in [3.63, 3.8) is 0 Å². The summed E-state index contributed by atoms with van der Waals surface area (Å²) in [6.07, 6.45) is -27.9. The van der Waals surface area contributed by atoms with E-state index in [0.29, 0.717) is 5.56 Å². The molecular weight excluding hydrogens is 944 g/mol. The lowest BCUT2D eigenvalue weighted by Gasteiger charge is -2.48. The van der Waals surface area contributed by atoms with E-state index in [2.05, 4.69) is 0 Å². The predicted molar refractivity (Wildman–Crippen MR) is 228 cm³/mol. The van der Waals surface area contributed by atoms with E-state index < -0.39 is 169 Å². The fourth-order valence-corrected chi connectivity index (χ4v) is 7.82. The highest BCUT2D eigenvalue weighted by atomic mass is 16.8. The number of phenols is 5. The summed E-state index contributed by atoms with van der Waals surface area (Å²) in [6.45, 7) is -2.77. The molecule has 3 aromatic carbocycles. The number of carbonyl (C=O) groups is 1. The monoisotopic (exact) mass is 994 g/mol. The third-order valence-electron chi connectivity index (χ3n) is 11.6. The topological polar surface area (TPSA) is 414 Å². The van der Waals surface area contributed by atoms with Crippen molar-refractivity contribution in [3.8, 4) is 57.3 Å². The number of esters is 1. The molecule has 0 bridgehead atoms. The van der Waals surface area contributed by atoms with Crippen molar-refractivity contribution in [2.45, 2.75) is 92.1 Å². The van der Waals surface area contributed by atoms with Crippen molar-refractivity contribution < 1.29 is 123 Å². The number of hydrogen-bond donors (Lipinski definition) is 14.